The fourth-order valence-electron chi connectivity index (χ4n) is 9.85. The van der Waals surface area contributed by atoms with Gasteiger partial charge in [-0.3, -0.25) is 0 Å². The smallest absolute Gasteiger partial charge is 0.0584 e. The zero-order valence-corrected chi connectivity index (χ0v) is 34.6. The fourth-order valence-corrected chi connectivity index (χ4v) is 9.85. The molecule has 8 aromatic carbocycles. The molecule has 0 radical (unpaired) electrons. The van der Waals surface area contributed by atoms with Gasteiger partial charge >= 0.3 is 0 Å². The highest BCUT2D eigenvalue weighted by molar-refractivity contribution is 6.01. The summed E-state index contributed by atoms with van der Waals surface area (Å²) in [4.78, 5) is 2.34. The Balaban J connectivity index is 0.917. The van der Waals surface area contributed by atoms with Crippen LogP contribution in [0.1, 0.15) is 48.9 Å². The molecule has 0 saturated carbocycles. The van der Waals surface area contributed by atoms with Gasteiger partial charge in [0.15, 0.2) is 0 Å². The van der Waals surface area contributed by atoms with E-state index in [0.29, 0.717) is 0 Å². The van der Waals surface area contributed by atoms with Crippen molar-refractivity contribution in [2.45, 2.75) is 32.1 Å². The van der Waals surface area contributed by atoms with E-state index in [0.717, 1.165) is 29.9 Å². The third-order valence-corrected chi connectivity index (χ3v) is 12.9. The summed E-state index contributed by atoms with van der Waals surface area (Å²) in [5.74, 6) is 0. The Bertz CT molecular complexity index is 3100. The van der Waals surface area contributed by atoms with E-state index in [4.69, 9.17) is 0 Å². The van der Waals surface area contributed by atoms with Crippen LogP contribution in [0.2, 0.25) is 0 Å². The van der Waals surface area contributed by atoms with Gasteiger partial charge in [-0.1, -0.05) is 172 Å². The minimum Gasteiger partial charge on any atom is -0.311 e. The van der Waals surface area contributed by atoms with Crippen LogP contribution in [0, 0.1) is 0 Å². The molecule has 0 amide bonds. The number of allylic oxidation sites excluding steroid dienone is 4. The molecule has 0 bridgehead atoms. The molecule has 0 atom stereocenters. The van der Waals surface area contributed by atoms with Crippen LogP contribution in [0.5, 0.6) is 0 Å². The average Bonchev–Trinajstić information content (AvgIpc) is 3.80. The van der Waals surface area contributed by atoms with Crippen LogP contribution in [0.25, 0.3) is 61.2 Å². The van der Waals surface area contributed by atoms with E-state index in [1.165, 1.54) is 83.5 Å². The van der Waals surface area contributed by atoms with Gasteiger partial charge in [-0.15, -0.1) is 0 Å². The first-order valence-corrected chi connectivity index (χ1v) is 21.5. The number of anilines is 3. The van der Waals surface area contributed by atoms with Crippen LogP contribution in [-0.4, -0.2) is 4.57 Å². The second kappa shape index (κ2) is 15.0. The maximum atomic E-state index is 2.51. The van der Waals surface area contributed by atoms with Crippen molar-refractivity contribution < 1.29 is 0 Å². The standard InChI is InChI=1S/C59H46N2/c1-59(2)55-21-13-12-20-53(55)58-57(59)54-40-48(32-39-56(54)61(58)52-37-30-45(31-38-52)42-16-8-4-9-17-42)47-24-22-43(23-25-47)46-28-35-51(36-29-46)60(49-18-10-5-11-19-49)50-33-26-44(27-34-50)41-14-6-3-7-15-41/h3-22,24,26-40H,23,25H2,1-2H3. The minimum atomic E-state index is -0.125. The number of hydrogen-bond donors (Lipinski definition) is 0. The molecule has 0 unspecified atom stereocenters. The summed E-state index contributed by atoms with van der Waals surface area (Å²) in [6.45, 7) is 4.79. The van der Waals surface area contributed by atoms with Gasteiger partial charge in [-0.25, -0.2) is 0 Å². The van der Waals surface area contributed by atoms with E-state index in [9.17, 15) is 0 Å². The van der Waals surface area contributed by atoms with Crippen LogP contribution in [0.3, 0.4) is 0 Å². The molecule has 1 heterocycles. The molecule has 61 heavy (non-hydrogen) atoms. The Morgan fingerprint density at radius 2 is 0.885 bits per heavy atom. The molecular formula is C59H46N2. The SMILES string of the molecule is CC1(C)c2ccccc2-c2c1c1cc(C3=CC=C(c4ccc(N(c5ccccc5)c5ccc(-c6ccccc6)cc5)cc4)CC3)ccc1n2-c1ccc(-c2ccccc2)cc1. The molecule has 1 aromatic heterocycles. The van der Waals surface area contributed by atoms with Gasteiger partial charge in [0.2, 0.25) is 0 Å². The quantitative estimate of drug-likeness (QED) is 0.149. The Hall–Kier alpha value is -7.42. The van der Waals surface area contributed by atoms with E-state index < -0.39 is 0 Å². The normalized spacial score (nSPS) is 13.9. The maximum absolute atomic E-state index is 2.51. The number of para-hydroxylation sites is 1. The second-order valence-electron chi connectivity index (χ2n) is 16.9. The molecule has 11 rings (SSSR count). The van der Waals surface area contributed by atoms with E-state index in [2.05, 4.69) is 242 Å². The lowest BCUT2D eigenvalue weighted by atomic mass is 9.81. The minimum absolute atomic E-state index is 0.125. The Morgan fingerprint density at radius 1 is 0.426 bits per heavy atom. The van der Waals surface area contributed by atoms with Crippen LogP contribution >= 0.6 is 0 Å². The van der Waals surface area contributed by atoms with Crippen LogP contribution in [0.4, 0.5) is 17.1 Å². The van der Waals surface area contributed by atoms with Crippen molar-refractivity contribution in [3.05, 3.63) is 241 Å². The van der Waals surface area contributed by atoms with Crippen molar-refractivity contribution >= 4 is 39.1 Å². The molecule has 0 fully saturated rings. The lowest BCUT2D eigenvalue weighted by molar-refractivity contribution is 0.666. The van der Waals surface area contributed by atoms with Crippen LogP contribution in [0.15, 0.2) is 218 Å². The number of rotatable bonds is 8. The zero-order chi connectivity index (χ0) is 40.9. The molecule has 0 spiro atoms. The van der Waals surface area contributed by atoms with Crippen LogP contribution in [-0.2, 0) is 5.41 Å². The summed E-state index contributed by atoms with van der Waals surface area (Å²) in [6, 6.07) is 75.1. The molecule has 0 N–H and O–H groups in total. The highest BCUT2D eigenvalue weighted by Gasteiger charge is 2.40. The van der Waals surface area contributed by atoms with Crippen LogP contribution < -0.4 is 4.90 Å². The van der Waals surface area contributed by atoms with Gasteiger partial charge in [0, 0.05) is 39.1 Å². The lowest BCUT2D eigenvalue weighted by Crippen LogP contribution is -2.14. The predicted octanol–water partition coefficient (Wildman–Crippen LogP) is 16.0. The summed E-state index contributed by atoms with van der Waals surface area (Å²) in [5, 5.41) is 1.34. The molecule has 2 aliphatic rings. The molecule has 292 valence electrons. The second-order valence-corrected chi connectivity index (χ2v) is 16.9. The van der Waals surface area contributed by atoms with E-state index in [-0.39, 0.29) is 5.41 Å². The molecule has 9 aromatic rings. The highest BCUT2D eigenvalue weighted by Crippen LogP contribution is 2.54. The first kappa shape index (κ1) is 36.6. The monoisotopic (exact) mass is 782 g/mol. The van der Waals surface area contributed by atoms with Crippen molar-refractivity contribution in [1.29, 1.82) is 0 Å². The first-order chi connectivity index (χ1) is 30.0. The maximum Gasteiger partial charge on any atom is 0.0584 e. The number of nitrogens with zero attached hydrogens (tertiary/aromatic N) is 2. The molecule has 2 heteroatoms. The average molecular weight is 783 g/mol. The third-order valence-electron chi connectivity index (χ3n) is 12.9. The first-order valence-electron chi connectivity index (χ1n) is 21.5. The van der Waals surface area contributed by atoms with Gasteiger partial charge < -0.3 is 9.47 Å². The molecule has 2 nitrogen and oxygen atoms in total. The van der Waals surface area contributed by atoms with Gasteiger partial charge in [0.25, 0.3) is 0 Å². The number of fused-ring (bicyclic) bond motifs is 5. The zero-order valence-electron chi connectivity index (χ0n) is 34.6. The largest absolute Gasteiger partial charge is 0.311 e. The Labute approximate surface area is 359 Å². The summed E-state index contributed by atoms with van der Waals surface area (Å²) >= 11 is 0. The molecule has 0 saturated heterocycles. The van der Waals surface area contributed by atoms with Gasteiger partial charge in [-0.2, -0.15) is 0 Å². The van der Waals surface area contributed by atoms with Crippen molar-refractivity contribution in [3.8, 4) is 39.2 Å². The number of hydrogen-bond acceptors (Lipinski definition) is 1. The fraction of sp³-hybridized carbons (Fsp3) is 0.0847. The molecule has 0 aliphatic heterocycles. The summed E-state index contributed by atoms with van der Waals surface area (Å²) in [7, 11) is 0. The van der Waals surface area contributed by atoms with Crippen molar-refractivity contribution in [2.75, 3.05) is 4.90 Å². The van der Waals surface area contributed by atoms with Crippen molar-refractivity contribution in [1.82, 2.24) is 4.57 Å². The van der Waals surface area contributed by atoms with Gasteiger partial charge in [0.1, 0.15) is 0 Å². The van der Waals surface area contributed by atoms with E-state index in [1.807, 2.05) is 0 Å². The van der Waals surface area contributed by atoms with Crippen molar-refractivity contribution in [3.63, 3.8) is 0 Å². The number of aromatic nitrogens is 1. The Kier molecular flexibility index (Phi) is 9.01. The topological polar surface area (TPSA) is 8.17 Å². The Morgan fingerprint density at radius 3 is 1.48 bits per heavy atom. The highest BCUT2D eigenvalue weighted by atomic mass is 15.1. The molecule has 2 aliphatic carbocycles. The summed E-state index contributed by atoms with van der Waals surface area (Å²) in [5.41, 5.74) is 21.4. The van der Waals surface area contributed by atoms with E-state index >= 15 is 0 Å². The third kappa shape index (κ3) is 6.44. The van der Waals surface area contributed by atoms with E-state index in [1.54, 1.807) is 0 Å². The van der Waals surface area contributed by atoms with Gasteiger partial charge in [-0.05, 0) is 129 Å². The molecular weight excluding hydrogens is 737 g/mol. The van der Waals surface area contributed by atoms with Gasteiger partial charge in [0.05, 0.1) is 11.2 Å². The lowest BCUT2D eigenvalue weighted by Gasteiger charge is -2.26. The van der Waals surface area contributed by atoms with Crippen molar-refractivity contribution in [2.24, 2.45) is 0 Å². The summed E-state index contributed by atoms with van der Waals surface area (Å²) in [6.07, 6.45) is 6.70. The summed E-state index contributed by atoms with van der Waals surface area (Å²) < 4.78 is 2.51. The predicted molar refractivity (Wildman–Crippen MR) is 258 cm³/mol. The number of benzene rings is 8.